The summed E-state index contributed by atoms with van der Waals surface area (Å²) in [7, 11) is -3.64. The summed E-state index contributed by atoms with van der Waals surface area (Å²) in [5, 5.41) is 12.5. The van der Waals surface area contributed by atoms with Gasteiger partial charge in [-0.1, -0.05) is 18.2 Å². The standard InChI is InChI=1S/C20H19N5O2S/c1-13-4-9-18(12-14(13)2)28(26,27)24-17-7-5-16(6-8-17)19-10-11-20-22-21-15(3)25(20)23-19/h4-12,24H,1-3H3. The largest absolute Gasteiger partial charge is 0.280 e. The van der Waals surface area contributed by atoms with Crippen molar-refractivity contribution in [3.63, 3.8) is 0 Å². The minimum absolute atomic E-state index is 0.245. The lowest BCUT2D eigenvalue weighted by molar-refractivity contribution is 0.601. The fourth-order valence-electron chi connectivity index (χ4n) is 2.85. The van der Waals surface area contributed by atoms with Crippen molar-refractivity contribution in [1.29, 1.82) is 0 Å². The Labute approximate surface area is 163 Å². The first-order valence-electron chi connectivity index (χ1n) is 8.73. The van der Waals surface area contributed by atoms with Crippen LogP contribution in [0.2, 0.25) is 0 Å². The fourth-order valence-corrected chi connectivity index (χ4v) is 4.00. The zero-order chi connectivity index (χ0) is 19.9. The van der Waals surface area contributed by atoms with E-state index < -0.39 is 10.0 Å². The van der Waals surface area contributed by atoms with Gasteiger partial charge in [0.05, 0.1) is 10.6 Å². The maximum absolute atomic E-state index is 12.6. The van der Waals surface area contributed by atoms with E-state index in [1.807, 2.05) is 51.1 Å². The molecule has 0 aliphatic carbocycles. The molecule has 4 aromatic rings. The lowest BCUT2D eigenvalue weighted by atomic mass is 10.1. The summed E-state index contributed by atoms with van der Waals surface area (Å²) in [6.45, 7) is 5.68. The SMILES string of the molecule is Cc1ccc(S(=O)(=O)Nc2ccc(-c3ccc4nnc(C)n4n3)cc2)cc1C. The molecule has 7 nitrogen and oxygen atoms in total. The van der Waals surface area contributed by atoms with Gasteiger partial charge in [-0.2, -0.15) is 9.61 Å². The molecule has 2 heterocycles. The van der Waals surface area contributed by atoms with E-state index >= 15 is 0 Å². The van der Waals surface area contributed by atoms with Crippen molar-refractivity contribution >= 4 is 21.4 Å². The second-order valence-electron chi connectivity index (χ2n) is 6.66. The van der Waals surface area contributed by atoms with Gasteiger partial charge in [0.15, 0.2) is 11.5 Å². The number of benzene rings is 2. The van der Waals surface area contributed by atoms with Crippen LogP contribution in [0.5, 0.6) is 0 Å². The quantitative estimate of drug-likeness (QED) is 0.573. The molecule has 0 amide bonds. The van der Waals surface area contributed by atoms with Crippen LogP contribution in [0.15, 0.2) is 59.5 Å². The van der Waals surface area contributed by atoms with Crippen LogP contribution in [0.1, 0.15) is 17.0 Å². The molecule has 0 aliphatic heterocycles. The van der Waals surface area contributed by atoms with Gasteiger partial charge in [0.2, 0.25) is 0 Å². The highest BCUT2D eigenvalue weighted by atomic mass is 32.2. The smallest absolute Gasteiger partial charge is 0.261 e. The number of aryl methyl sites for hydroxylation is 3. The predicted octanol–water partition coefficient (Wildman–Crippen LogP) is 3.52. The Morgan fingerprint density at radius 1 is 0.857 bits per heavy atom. The van der Waals surface area contributed by atoms with Crippen LogP contribution in [-0.4, -0.2) is 28.2 Å². The van der Waals surface area contributed by atoms with Crippen molar-refractivity contribution in [2.24, 2.45) is 0 Å². The highest BCUT2D eigenvalue weighted by Crippen LogP contribution is 2.23. The molecule has 0 spiro atoms. The molecule has 2 aromatic carbocycles. The predicted molar refractivity (Wildman–Crippen MR) is 108 cm³/mol. The van der Waals surface area contributed by atoms with Crippen molar-refractivity contribution in [2.45, 2.75) is 25.7 Å². The molecular weight excluding hydrogens is 374 g/mol. The number of hydrogen-bond donors (Lipinski definition) is 1. The van der Waals surface area contributed by atoms with Crippen LogP contribution in [0.25, 0.3) is 16.9 Å². The van der Waals surface area contributed by atoms with E-state index in [0.29, 0.717) is 17.2 Å². The molecule has 0 aliphatic rings. The third-order valence-electron chi connectivity index (χ3n) is 4.64. The molecule has 0 atom stereocenters. The molecule has 0 saturated heterocycles. The number of hydrogen-bond acceptors (Lipinski definition) is 5. The Hall–Kier alpha value is -3.26. The molecule has 28 heavy (non-hydrogen) atoms. The van der Waals surface area contributed by atoms with Gasteiger partial charge in [0, 0.05) is 11.3 Å². The van der Waals surface area contributed by atoms with Crippen molar-refractivity contribution < 1.29 is 8.42 Å². The van der Waals surface area contributed by atoms with E-state index in [-0.39, 0.29) is 4.90 Å². The first kappa shape index (κ1) is 18.1. The van der Waals surface area contributed by atoms with Crippen molar-refractivity contribution in [3.05, 3.63) is 71.5 Å². The van der Waals surface area contributed by atoms with E-state index in [4.69, 9.17) is 0 Å². The Kier molecular flexibility index (Phi) is 4.35. The van der Waals surface area contributed by atoms with Crippen LogP contribution >= 0.6 is 0 Å². The van der Waals surface area contributed by atoms with Crippen molar-refractivity contribution in [3.8, 4) is 11.3 Å². The van der Waals surface area contributed by atoms with Gasteiger partial charge in [-0.15, -0.1) is 10.2 Å². The first-order chi connectivity index (χ1) is 13.3. The second-order valence-corrected chi connectivity index (χ2v) is 8.35. The number of aromatic nitrogens is 4. The molecular formula is C20H19N5O2S. The summed E-state index contributed by atoms with van der Waals surface area (Å²) >= 11 is 0. The van der Waals surface area contributed by atoms with Gasteiger partial charge in [0.1, 0.15) is 0 Å². The summed E-state index contributed by atoms with van der Waals surface area (Å²) in [6.07, 6.45) is 0. The molecule has 0 bridgehead atoms. The number of nitrogens with one attached hydrogen (secondary N) is 1. The highest BCUT2D eigenvalue weighted by molar-refractivity contribution is 7.92. The van der Waals surface area contributed by atoms with Crippen molar-refractivity contribution in [1.82, 2.24) is 19.8 Å². The summed E-state index contributed by atoms with van der Waals surface area (Å²) in [4.78, 5) is 0.245. The fraction of sp³-hybridized carbons (Fsp3) is 0.150. The molecule has 0 radical (unpaired) electrons. The minimum atomic E-state index is -3.64. The lowest BCUT2D eigenvalue weighted by Crippen LogP contribution is -2.13. The van der Waals surface area contributed by atoms with E-state index in [1.54, 1.807) is 28.8 Å². The number of fused-ring (bicyclic) bond motifs is 1. The highest BCUT2D eigenvalue weighted by Gasteiger charge is 2.15. The van der Waals surface area contributed by atoms with Crippen LogP contribution in [0.4, 0.5) is 5.69 Å². The molecule has 2 aromatic heterocycles. The Balaban J connectivity index is 1.60. The van der Waals surface area contributed by atoms with Gasteiger partial charge in [-0.25, -0.2) is 8.42 Å². The van der Waals surface area contributed by atoms with Gasteiger partial charge in [0.25, 0.3) is 10.0 Å². The second kappa shape index (κ2) is 6.72. The molecule has 142 valence electrons. The van der Waals surface area contributed by atoms with Gasteiger partial charge < -0.3 is 0 Å². The molecule has 0 saturated carbocycles. The number of sulfonamides is 1. The number of rotatable bonds is 4. The summed E-state index contributed by atoms with van der Waals surface area (Å²) < 4.78 is 29.6. The first-order valence-corrected chi connectivity index (χ1v) is 10.2. The average Bonchev–Trinajstić information content (AvgIpc) is 3.04. The zero-order valence-corrected chi connectivity index (χ0v) is 16.5. The van der Waals surface area contributed by atoms with Gasteiger partial charge >= 0.3 is 0 Å². The van der Waals surface area contributed by atoms with E-state index in [1.165, 1.54) is 0 Å². The lowest BCUT2D eigenvalue weighted by Gasteiger charge is -2.10. The third-order valence-corrected chi connectivity index (χ3v) is 6.02. The van der Waals surface area contributed by atoms with Crippen LogP contribution in [0, 0.1) is 20.8 Å². The molecule has 1 N–H and O–H groups in total. The van der Waals surface area contributed by atoms with Gasteiger partial charge in [-0.05, 0) is 68.3 Å². The Bertz CT molecular complexity index is 1280. The summed E-state index contributed by atoms with van der Waals surface area (Å²) in [5.41, 5.74) is 4.77. The third kappa shape index (κ3) is 3.34. The van der Waals surface area contributed by atoms with Gasteiger partial charge in [-0.3, -0.25) is 4.72 Å². The molecule has 0 unspecified atom stereocenters. The molecule has 0 fully saturated rings. The van der Waals surface area contributed by atoms with Crippen LogP contribution in [0.3, 0.4) is 0 Å². The summed E-state index contributed by atoms with van der Waals surface area (Å²) in [5.74, 6) is 0.703. The van der Waals surface area contributed by atoms with Crippen molar-refractivity contribution in [2.75, 3.05) is 4.72 Å². The normalized spacial score (nSPS) is 11.7. The monoisotopic (exact) mass is 393 g/mol. The van der Waals surface area contributed by atoms with Crippen LogP contribution < -0.4 is 4.72 Å². The maximum Gasteiger partial charge on any atom is 0.261 e. The minimum Gasteiger partial charge on any atom is -0.280 e. The number of nitrogens with zero attached hydrogens (tertiary/aromatic N) is 4. The maximum atomic E-state index is 12.6. The van der Waals surface area contributed by atoms with E-state index in [9.17, 15) is 8.42 Å². The molecule has 8 heteroatoms. The average molecular weight is 393 g/mol. The summed E-state index contributed by atoms with van der Waals surface area (Å²) in [6, 6.07) is 15.9. The number of anilines is 1. The van der Waals surface area contributed by atoms with E-state index in [2.05, 4.69) is 20.0 Å². The molecule has 4 rings (SSSR count). The zero-order valence-electron chi connectivity index (χ0n) is 15.7. The van der Waals surface area contributed by atoms with E-state index in [0.717, 1.165) is 22.4 Å². The van der Waals surface area contributed by atoms with Crippen LogP contribution in [-0.2, 0) is 10.0 Å². The Morgan fingerprint density at radius 3 is 2.32 bits per heavy atom. The topological polar surface area (TPSA) is 89.2 Å². The Morgan fingerprint density at radius 2 is 1.61 bits per heavy atom.